The van der Waals surface area contributed by atoms with Crippen LogP contribution in [-0.2, 0) is 12.8 Å². The highest BCUT2D eigenvalue weighted by Crippen LogP contribution is 2.33. The van der Waals surface area contributed by atoms with E-state index in [0.29, 0.717) is 0 Å². The Labute approximate surface area is 121 Å². The quantitative estimate of drug-likeness (QED) is 0.821. The Morgan fingerprint density at radius 3 is 2.85 bits per heavy atom. The number of benzene rings is 1. The summed E-state index contributed by atoms with van der Waals surface area (Å²) in [6.45, 7) is 5.43. The van der Waals surface area contributed by atoms with E-state index in [1.165, 1.54) is 59.1 Å². The molecule has 0 radical (unpaired) electrons. The molecular formula is C18H24N2. The number of anilines is 1. The molecule has 0 aliphatic heterocycles. The van der Waals surface area contributed by atoms with Crippen LogP contribution in [0, 0.1) is 6.92 Å². The van der Waals surface area contributed by atoms with E-state index in [9.17, 15) is 0 Å². The van der Waals surface area contributed by atoms with Crippen molar-refractivity contribution in [2.24, 2.45) is 0 Å². The molecule has 3 rings (SSSR count). The van der Waals surface area contributed by atoms with Crippen molar-refractivity contribution < 1.29 is 0 Å². The summed E-state index contributed by atoms with van der Waals surface area (Å²) >= 11 is 0. The van der Waals surface area contributed by atoms with Crippen molar-refractivity contribution >= 4 is 16.6 Å². The van der Waals surface area contributed by atoms with Gasteiger partial charge in [0.1, 0.15) is 0 Å². The molecule has 1 heterocycles. The van der Waals surface area contributed by atoms with E-state index < -0.39 is 0 Å². The lowest BCUT2D eigenvalue weighted by atomic mass is 10.00. The van der Waals surface area contributed by atoms with Gasteiger partial charge >= 0.3 is 0 Å². The summed E-state index contributed by atoms with van der Waals surface area (Å²) in [6.07, 6.45) is 7.39. The van der Waals surface area contributed by atoms with Crippen molar-refractivity contribution in [3.63, 3.8) is 0 Å². The Hall–Kier alpha value is -1.57. The number of para-hydroxylation sites is 1. The summed E-state index contributed by atoms with van der Waals surface area (Å²) in [5.74, 6) is 0. The maximum atomic E-state index is 5.00. The molecule has 2 nitrogen and oxygen atoms in total. The first kappa shape index (κ1) is 13.4. The first-order valence-corrected chi connectivity index (χ1v) is 7.96. The average Bonchev–Trinajstić information content (AvgIpc) is 2.70. The van der Waals surface area contributed by atoms with Gasteiger partial charge in [-0.25, -0.2) is 0 Å². The molecule has 0 atom stereocenters. The molecule has 0 saturated heterocycles. The van der Waals surface area contributed by atoms with Crippen LogP contribution < -0.4 is 5.32 Å². The summed E-state index contributed by atoms with van der Waals surface area (Å²) in [5.41, 5.74) is 6.65. The molecule has 0 fully saturated rings. The fourth-order valence-electron chi connectivity index (χ4n) is 3.22. The lowest BCUT2D eigenvalue weighted by molar-refractivity contribution is 0.709. The minimum atomic E-state index is 1.04. The number of rotatable bonds is 3. The number of hydrogen-bond donors (Lipinski definition) is 1. The fourth-order valence-corrected chi connectivity index (χ4v) is 3.22. The Balaban J connectivity index is 2.23. The molecule has 106 valence electrons. The number of nitrogens with one attached hydrogen (secondary N) is 1. The third-order valence-corrected chi connectivity index (χ3v) is 4.30. The molecular weight excluding hydrogens is 244 g/mol. The topological polar surface area (TPSA) is 24.9 Å². The Bertz CT molecular complexity index is 616. The van der Waals surface area contributed by atoms with Crippen LogP contribution in [0.25, 0.3) is 10.9 Å². The second-order valence-electron chi connectivity index (χ2n) is 5.87. The van der Waals surface area contributed by atoms with Crippen LogP contribution in [-0.4, -0.2) is 11.5 Å². The number of pyridine rings is 1. The van der Waals surface area contributed by atoms with E-state index in [-0.39, 0.29) is 0 Å². The normalized spacial score (nSPS) is 14.9. The molecule has 1 N–H and O–H groups in total. The van der Waals surface area contributed by atoms with Crippen LogP contribution in [0.1, 0.15) is 49.4 Å². The highest BCUT2D eigenvalue weighted by atomic mass is 14.9. The molecule has 0 unspecified atom stereocenters. The summed E-state index contributed by atoms with van der Waals surface area (Å²) in [7, 11) is 0. The van der Waals surface area contributed by atoms with Crippen LogP contribution in [0.2, 0.25) is 0 Å². The Morgan fingerprint density at radius 1 is 1.15 bits per heavy atom. The van der Waals surface area contributed by atoms with Gasteiger partial charge < -0.3 is 5.32 Å². The zero-order valence-corrected chi connectivity index (χ0v) is 12.6. The molecule has 0 bridgehead atoms. The van der Waals surface area contributed by atoms with E-state index in [1.54, 1.807) is 0 Å². The van der Waals surface area contributed by atoms with Crippen molar-refractivity contribution in [3.05, 3.63) is 35.0 Å². The van der Waals surface area contributed by atoms with Gasteiger partial charge in [-0.15, -0.1) is 0 Å². The molecule has 1 aliphatic carbocycles. The standard InChI is InChI=1S/C18H24N2/c1-3-12-19-18-14-9-5-4-6-11-16(14)20-17-13(2)8-7-10-15(17)18/h7-8,10H,3-6,9,11-12H2,1-2H3,(H,19,20). The van der Waals surface area contributed by atoms with Crippen molar-refractivity contribution in [2.45, 2.75) is 52.4 Å². The van der Waals surface area contributed by atoms with E-state index >= 15 is 0 Å². The Morgan fingerprint density at radius 2 is 2.00 bits per heavy atom. The lowest BCUT2D eigenvalue weighted by Gasteiger charge is -2.17. The van der Waals surface area contributed by atoms with E-state index in [4.69, 9.17) is 4.98 Å². The summed E-state index contributed by atoms with van der Waals surface area (Å²) in [4.78, 5) is 5.00. The van der Waals surface area contributed by atoms with Crippen LogP contribution in [0.15, 0.2) is 18.2 Å². The molecule has 1 aromatic heterocycles. The Kier molecular flexibility index (Phi) is 3.90. The minimum absolute atomic E-state index is 1.04. The molecule has 1 aromatic carbocycles. The number of aromatic nitrogens is 1. The van der Waals surface area contributed by atoms with Crippen LogP contribution in [0.4, 0.5) is 5.69 Å². The van der Waals surface area contributed by atoms with Crippen LogP contribution in [0.5, 0.6) is 0 Å². The molecule has 0 spiro atoms. The SMILES string of the molecule is CCCNc1c2c(nc3c(C)cccc13)CCCCC2. The van der Waals surface area contributed by atoms with Gasteiger partial charge in [0.05, 0.1) is 5.52 Å². The minimum Gasteiger partial charge on any atom is -0.384 e. The second kappa shape index (κ2) is 5.82. The van der Waals surface area contributed by atoms with Gasteiger partial charge in [0, 0.05) is 23.3 Å². The second-order valence-corrected chi connectivity index (χ2v) is 5.87. The third-order valence-electron chi connectivity index (χ3n) is 4.30. The van der Waals surface area contributed by atoms with Gasteiger partial charge in [0.2, 0.25) is 0 Å². The van der Waals surface area contributed by atoms with Crippen molar-refractivity contribution in [2.75, 3.05) is 11.9 Å². The maximum absolute atomic E-state index is 5.00. The van der Waals surface area contributed by atoms with E-state index in [0.717, 1.165) is 19.4 Å². The zero-order valence-electron chi connectivity index (χ0n) is 12.6. The lowest BCUT2D eigenvalue weighted by Crippen LogP contribution is -2.08. The van der Waals surface area contributed by atoms with E-state index in [1.807, 2.05) is 0 Å². The molecule has 1 aliphatic rings. The van der Waals surface area contributed by atoms with Crippen molar-refractivity contribution in [1.29, 1.82) is 0 Å². The zero-order chi connectivity index (χ0) is 13.9. The van der Waals surface area contributed by atoms with E-state index in [2.05, 4.69) is 37.4 Å². The van der Waals surface area contributed by atoms with Gasteiger partial charge in [0.25, 0.3) is 0 Å². The number of aryl methyl sites for hydroxylation is 2. The van der Waals surface area contributed by atoms with Crippen molar-refractivity contribution in [3.8, 4) is 0 Å². The largest absolute Gasteiger partial charge is 0.384 e. The van der Waals surface area contributed by atoms with Gasteiger partial charge in [-0.1, -0.05) is 31.5 Å². The van der Waals surface area contributed by atoms with Crippen LogP contribution >= 0.6 is 0 Å². The van der Waals surface area contributed by atoms with Gasteiger partial charge in [-0.2, -0.15) is 0 Å². The summed E-state index contributed by atoms with van der Waals surface area (Å²) in [6, 6.07) is 6.54. The van der Waals surface area contributed by atoms with Gasteiger partial charge in [-0.3, -0.25) is 4.98 Å². The number of fused-ring (bicyclic) bond motifs is 2. The predicted octanol–water partition coefficient (Wildman–Crippen LogP) is 4.63. The van der Waals surface area contributed by atoms with Gasteiger partial charge in [-0.05, 0) is 50.2 Å². The summed E-state index contributed by atoms with van der Waals surface area (Å²) < 4.78 is 0. The highest BCUT2D eigenvalue weighted by molar-refractivity contribution is 5.95. The molecule has 2 aromatic rings. The molecule has 20 heavy (non-hydrogen) atoms. The molecule has 0 saturated carbocycles. The molecule has 2 heteroatoms. The maximum Gasteiger partial charge on any atom is 0.0755 e. The smallest absolute Gasteiger partial charge is 0.0755 e. The summed E-state index contributed by atoms with van der Waals surface area (Å²) in [5, 5.41) is 4.99. The monoisotopic (exact) mass is 268 g/mol. The number of hydrogen-bond acceptors (Lipinski definition) is 2. The van der Waals surface area contributed by atoms with Crippen LogP contribution in [0.3, 0.4) is 0 Å². The fraction of sp³-hybridized carbons (Fsp3) is 0.500. The predicted molar refractivity (Wildman–Crippen MR) is 86.5 cm³/mol. The van der Waals surface area contributed by atoms with Crippen molar-refractivity contribution in [1.82, 2.24) is 4.98 Å². The number of nitrogens with zero attached hydrogens (tertiary/aromatic N) is 1. The first-order chi connectivity index (χ1) is 9.81. The average molecular weight is 268 g/mol. The third kappa shape index (κ3) is 2.39. The highest BCUT2D eigenvalue weighted by Gasteiger charge is 2.17. The molecule has 0 amide bonds. The van der Waals surface area contributed by atoms with Gasteiger partial charge in [0.15, 0.2) is 0 Å². The first-order valence-electron chi connectivity index (χ1n) is 7.96.